The first-order valence-electron chi connectivity index (χ1n) is 6.67. The SMILES string of the molecule is OC1CCCCCC1NCCc1ccccn1. The Morgan fingerprint density at radius 3 is 2.94 bits per heavy atom. The first-order valence-corrected chi connectivity index (χ1v) is 6.67. The van der Waals surface area contributed by atoms with Gasteiger partial charge >= 0.3 is 0 Å². The summed E-state index contributed by atoms with van der Waals surface area (Å²) >= 11 is 0. The van der Waals surface area contributed by atoms with E-state index in [0.29, 0.717) is 0 Å². The molecule has 3 nitrogen and oxygen atoms in total. The molecule has 2 N–H and O–H groups in total. The van der Waals surface area contributed by atoms with Crippen molar-refractivity contribution in [3.05, 3.63) is 30.1 Å². The third-order valence-electron chi connectivity index (χ3n) is 3.49. The minimum Gasteiger partial charge on any atom is -0.392 e. The van der Waals surface area contributed by atoms with Crippen molar-refractivity contribution in [3.8, 4) is 0 Å². The van der Waals surface area contributed by atoms with Crippen molar-refractivity contribution in [3.63, 3.8) is 0 Å². The summed E-state index contributed by atoms with van der Waals surface area (Å²) in [7, 11) is 0. The van der Waals surface area contributed by atoms with Crippen LogP contribution in [0.1, 0.15) is 37.8 Å². The lowest BCUT2D eigenvalue weighted by atomic mass is 10.1. The fraction of sp³-hybridized carbons (Fsp3) is 0.643. The van der Waals surface area contributed by atoms with Crippen LogP contribution in [0, 0.1) is 0 Å². The summed E-state index contributed by atoms with van der Waals surface area (Å²) in [6.45, 7) is 0.902. The molecular formula is C14H22N2O. The second-order valence-electron chi connectivity index (χ2n) is 4.84. The Balaban J connectivity index is 1.73. The highest BCUT2D eigenvalue weighted by molar-refractivity contribution is 5.03. The van der Waals surface area contributed by atoms with E-state index in [4.69, 9.17) is 0 Å². The largest absolute Gasteiger partial charge is 0.392 e. The van der Waals surface area contributed by atoms with Crippen molar-refractivity contribution in [1.82, 2.24) is 10.3 Å². The quantitative estimate of drug-likeness (QED) is 0.782. The molecule has 1 heterocycles. The monoisotopic (exact) mass is 234 g/mol. The lowest BCUT2D eigenvalue weighted by molar-refractivity contribution is 0.120. The lowest BCUT2D eigenvalue weighted by Crippen LogP contribution is -2.40. The number of aliphatic hydroxyl groups is 1. The molecule has 1 saturated carbocycles. The first-order chi connectivity index (χ1) is 8.36. The molecule has 1 fully saturated rings. The minimum absolute atomic E-state index is 0.166. The fourth-order valence-corrected chi connectivity index (χ4v) is 2.46. The molecule has 0 bridgehead atoms. The van der Waals surface area contributed by atoms with Gasteiger partial charge in [-0.3, -0.25) is 4.98 Å². The molecular weight excluding hydrogens is 212 g/mol. The highest BCUT2D eigenvalue weighted by Crippen LogP contribution is 2.17. The highest BCUT2D eigenvalue weighted by atomic mass is 16.3. The van der Waals surface area contributed by atoms with Crippen LogP contribution in [0.5, 0.6) is 0 Å². The molecule has 17 heavy (non-hydrogen) atoms. The first kappa shape index (κ1) is 12.5. The molecule has 0 amide bonds. The second-order valence-corrected chi connectivity index (χ2v) is 4.84. The standard InChI is InChI=1S/C14H22N2O/c17-14-8-3-1-2-7-13(14)16-11-9-12-6-4-5-10-15-12/h4-6,10,13-14,16-17H,1-3,7-9,11H2. The zero-order valence-electron chi connectivity index (χ0n) is 10.3. The number of nitrogens with one attached hydrogen (secondary N) is 1. The van der Waals surface area contributed by atoms with Crippen LogP contribution in [-0.2, 0) is 6.42 Å². The van der Waals surface area contributed by atoms with Crippen molar-refractivity contribution in [2.24, 2.45) is 0 Å². The Labute approximate surface area is 103 Å². The molecule has 1 aliphatic rings. The molecule has 2 atom stereocenters. The van der Waals surface area contributed by atoms with Gasteiger partial charge in [0.1, 0.15) is 0 Å². The van der Waals surface area contributed by atoms with Gasteiger partial charge in [0.25, 0.3) is 0 Å². The van der Waals surface area contributed by atoms with Gasteiger partial charge in [0.05, 0.1) is 6.10 Å². The highest BCUT2D eigenvalue weighted by Gasteiger charge is 2.20. The number of aliphatic hydroxyl groups excluding tert-OH is 1. The van der Waals surface area contributed by atoms with Gasteiger partial charge in [-0.1, -0.05) is 25.3 Å². The molecule has 3 heteroatoms. The molecule has 1 aromatic rings. The topological polar surface area (TPSA) is 45.1 Å². The van der Waals surface area contributed by atoms with Crippen molar-refractivity contribution in [1.29, 1.82) is 0 Å². The molecule has 2 unspecified atom stereocenters. The van der Waals surface area contributed by atoms with Crippen LogP contribution in [0.2, 0.25) is 0 Å². The Bertz CT molecular complexity index is 315. The zero-order valence-corrected chi connectivity index (χ0v) is 10.3. The Morgan fingerprint density at radius 2 is 2.12 bits per heavy atom. The minimum atomic E-state index is -0.166. The van der Waals surface area contributed by atoms with E-state index in [2.05, 4.69) is 10.3 Å². The summed E-state index contributed by atoms with van der Waals surface area (Å²) in [6.07, 6.45) is 8.30. The maximum absolute atomic E-state index is 9.97. The van der Waals surface area contributed by atoms with Gasteiger partial charge in [-0.2, -0.15) is 0 Å². The number of hydrogen-bond donors (Lipinski definition) is 2. The zero-order chi connectivity index (χ0) is 11.9. The second kappa shape index (κ2) is 6.72. The molecule has 0 radical (unpaired) electrons. The van der Waals surface area contributed by atoms with Crippen molar-refractivity contribution in [2.45, 2.75) is 50.7 Å². The van der Waals surface area contributed by atoms with Crippen LogP contribution < -0.4 is 5.32 Å². The van der Waals surface area contributed by atoms with Gasteiger partial charge in [-0.25, -0.2) is 0 Å². The van der Waals surface area contributed by atoms with E-state index in [1.54, 1.807) is 0 Å². The smallest absolute Gasteiger partial charge is 0.0693 e. The van der Waals surface area contributed by atoms with Crippen LogP contribution >= 0.6 is 0 Å². The van der Waals surface area contributed by atoms with E-state index in [1.807, 2.05) is 24.4 Å². The molecule has 0 aliphatic heterocycles. The summed E-state index contributed by atoms with van der Waals surface area (Å²) in [5, 5.41) is 13.4. The van der Waals surface area contributed by atoms with E-state index >= 15 is 0 Å². The summed E-state index contributed by atoms with van der Waals surface area (Å²) in [5.41, 5.74) is 1.11. The van der Waals surface area contributed by atoms with Gasteiger partial charge in [0, 0.05) is 30.9 Å². The van der Waals surface area contributed by atoms with E-state index in [-0.39, 0.29) is 12.1 Å². The molecule has 1 aliphatic carbocycles. The van der Waals surface area contributed by atoms with Crippen molar-refractivity contribution in [2.75, 3.05) is 6.54 Å². The normalized spacial score (nSPS) is 25.5. The van der Waals surface area contributed by atoms with Gasteiger partial charge in [-0.15, -0.1) is 0 Å². The molecule has 0 aromatic carbocycles. The van der Waals surface area contributed by atoms with Crippen LogP contribution in [0.15, 0.2) is 24.4 Å². The van der Waals surface area contributed by atoms with Crippen LogP contribution in [0.25, 0.3) is 0 Å². The molecule has 1 aromatic heterocycles. The third kappa shape index (κ3) is 4.10. The average molecular weight is 234 g/mol. The van der Waals surface area contributed by atoms with E-state index in [1.165, 1.54) is 19.3 Å². The predicted octanol–water partition coefficient (Wildman–Crippen LogP) is 1.91. The van der Waals surface area contributed by atoms with E-state index < -0.39 is 0 Å². The van der Waals surface area contributed by atoms with Crippen LogP contribution in [0.4, 0.5) is 0 Å². The van der Waals surface area contributed by atoms with Gasteiger partial charge < -0.3 is 10.4 Å². The van der Waals surface area contributed by atoms with Gasteiger partial charge in [-0.05, 0) is 25.0 Å². The molecule has 0 spiro atoms. The number of aromatic nitrogens is 1. The van der Waals surface area contributed by atoms with Crippen LogP contribution in [-0.4, -0.2) is 28.8 Å². The van der Waals surface area contributed by atoms with Gasteiger partial charge in [0.2, 0.25) is 0 Å². The number of pyridine rings is 1. The van der Waals surface area contributed by atoms with Crippen molar-refractivity contribution < 1.29 is 5.11 Å². The lowest BCUT2D eigenvalue weighted by Gasteiger charge is -2.21. The number of hydrogen-bond acceptors (Lipinski definition) is 3. The number of rotatable bonds is 4. The fourth-order valence-electron chi connectivity index (χ4n) is 2.46. The van der Waals surface area contributed by atoms with Crippen molar-refractivity contribution >= 4 is 0 Å². The summed E-state index contributed by atoms with van der Waals surface area (Å²) in [5.74, 6) is 0. The maximum Gasteiger partial charge on any atom is 0.0693 e. The summed E-state index contributed by atoms with van der Waals surface area (Å²) in [4.78, 5) is 4.30. The Kier molecular flexibility index (Phi) is 4.95. The van der Waals surface area contributed by atoms with E-state index in [9.17, 15) is 5.11 Å². The maximum atomic E-state index is 9.97. The Hall–Kier alpha value is -0.930. The molecule has 2 rings (SSSR count). The number of nitrogens with zero attached hydrogens (tertiary/aromatic N) is 1. The predicted molar refractivity (Wildman–Crippen MR) is 68.8 cm³/mol. The van der Waals surface area contributed by atoms with Crippen LogP contribution in [0.3, 0.4) is 0 Å². The third-order valence-corrected chi connectivity index (χ3v) is 3.49. The average Bonchev–Trinajstić information content (AvgIpc) is 2.56. The summed E-state index contributed by atoms with van der Waals surface area (Å²) < 4.78 is 0. The van der Waals surface area contributed by atoms with E-state index in [0.717, 1.165) is 31.5 Å². The molecule has 94 valence electrons. The summed E-state index contributed by atoms with van der Waals surface area (Å²) in [6, 6.07) is 6.28. The molecule has 0 saturated heterocycles. The van der Waals surface area contributed by atoms with Gasteiger partial charge in [0.15, 0.2) is 0 Å². The Morgan fingerprint density at radius 1 is 1.24 bits per heavy atom.